The van der Waals surface area contributed by atoms with Crippen LogP contribution in [0.2, 0.25) is 0 Å². The highest BCUT2D eigenvalue weighted by Crippen LogP contribution is 2.36. The van der Waals surface area contributed by atoms with Crippen molar-refractivity contribution in [1.82, 2.24) is 10.2 Å². The molecule has 10 heteroatoms. The van der Waals surface area contributed by atoms with Crippen LogP contribution >= 0.6 is 0 Å². The fraction of sp³-hybridized carbons (Fsp3) is 0.700. The Bertz CT molecular complexity index is 991. The molecule has 10 nitrogen and oxygen atoms in total. The Morgan fingerprint density at radius 3 is 2.48 bits per heavy atom. The molecule has 0 aromatic heterocycles. The van der Waals surface area contributed by atoms with Crippen molar-refractivity contribution < 1.29 is 38.1 Å². The van der Waals surface area contributed by atoms with Crippen molar-refractivity contribution in [3.05, 3.63) is 35.9 Å². The lowest BCUT2D eigenvalue weighted by atomic mass is 9.83. The van der Waals surface area contributed by atoms with Crippen molar-refractivity contribution in [3.63, 3.8) is 0 Å². The minimum Gasteiger partial charge on any atom is -0.467 e. The Kier molecular flexibility index (Phi) is 10.4. The molecular weight excluding hydrogens is 516 g/mol. The van der Waals surface area contributed by atoms with E-state index in [0.717, 1.165) is 44.1 Å². The van der Waals surface area contributed by atoms with Crippen LogP contribution in [0.15, 0.2) is 30.3 Å². The van der Waals surface area contributed by atoms with Crippen molar-refractivity contribution in [2.24, 2.45) is 5.92 Å². The van der Waals surface area contributed by atoms with Gasteiger partial charge in [-0.3, -0.25) is 4.79 Å². The van der Waals surface area contributed by atoms with E-state index in [-0.39, 0.29) is 18.4 Å². The van der Waals surface area contributed by atoms with E-state index in [1.54, 1.807) is 20.8 Å². The summed E-state index contributed by atoms with van der Waals surface area (Å²) in [5, 5.41) is 2.82. The molecule has 0 bridgehead atoms. The molecule has 2 aliphatic heterocycles. The lowest BCUT2D eigenvalue weighted by molar-refractivity contribution is -0.160. The molecule has 5 atom stereocenters. The van der Waals surface area contributed by atoms with Crippen molar-refractivity contribution in [2.45, 2.75) is 109 Å². The number of nitrogens with zero attached hydrogens (tertiary/aromatic N) is 1. The molecule has 2 saturated heterocycles. The molecule has 222 valence electrons. The first kappa shape index (κ1) is 30.3. The van der Waals surface area contributed by atoms with Crippen molar-refractivity contribution >= 4 is 18.0 Å². The van der Waals surface area contributed by atoms with Gasteiger partial charge in [-0.1, -0.05) is 49.6 Å². The van der Waals surface area contributed by atoms with Gasteiger partial charge in [0.05, 0.1) is 20.3 Å². The molecule has 2 amide bonds. The highest BCUT2D eigenvalue weighted by molar-refractivity contribution is 5.91. The molecule has 0 spiro atoms. The van der Waals surface area contributed by atoms with Crippen molar-refractivity contribution in [3.8, 4) is 0 Å². The number of benzene rings is 1. The van der Waals surface area contributed by atoms with Crippen LogP contribution in [-0.2, 0) is 39.9 Å². The lowest BCUT2D eigenvalue weighted by Gasteiger charge is -2.35. The van der Waals surface area contributed by atoms with E-state index in [1.807, 2.05) is 30.3 Å². The van der Waals surface area contributed by atoms with Gasteiger partial charge in [-0.2, -0.15) is 0 Å². The largest absolute Gasteiger partial charge is 0.467 e. The molecule has 2 heterocycles. The van der Waals surface area contributed by atoms with Crippen LogP contribution in [-0.4, -0.2) is 79.3 Å². The summed E-state index contributed by atoms with van der Waals surface area (Å²) in [5.74, 6) is -0.936. The van der Waals surface area contributed by atoms with Crippen LogP contribution in [0.25, 0.3) is 0 Å². The second-order valence-electron chi connectivity index (χ2n) is 11.9. The van der Waals surface area contributed by atoms with Gasteiger partial charge < -0.3 is 33.9 Å². The van der Waals surface area contributed by atoms with E-state index in [1.165, 1.54) is 12.0 Å². The normalized spacial score (nSPS) is 25.8. The predicted octanol–water partition coefficient (Wildman–Crippen LogP) is 3.95. The minimum absolute atomic E-state index is 0.0435. The second kappa shape index (κ2) is 13.8. The zero-order chi connectivity index (χ0) is 28.7. The fourth-order valence-electron chi connectivity index (χ4n) is 5.80. The predicted molar refractivity (Wildman–Crippen MR) is 146 cm³/mol. The zero-order valence-corrected chi connectivity index (χ0v) is 24.1. The molecule has 0 radical (unpaired) electrons. The maximum absolute atomic E-state index is 14.0. The van der Waals surface area contributed by atoms with Crippen LogP contribution in [0.5, 0.6) is 0 Å². The second-order valence-corrected chi connectivity index (χ2v) is 11.9. The molecular formula is C30H44N2O8. The molecule has 1 aromatic carbocycles. The topological polar surface area (TPSA) is 113 Å². The molecule has 4 rings (SSSR count). The molecule has 5 unspecified atom stereocenters. The quantitative estimate of drug-likeness (QED) is 0.338. The van der Waals surface area contributed by atoms with E-state index < -0.39 is 48.2 Å². The van der Waals surface area contributed by atoms with Gasteiger partial charge in [-0.15, -0.1) is 0 Å². The lowest BCUT2D eigenvalue weighted by Crippen LogP contribution is -2.57. The minimum atomic E-state index is -0.951. The Labute approximate surface area is 237 Å². The molecule has 1 aliphatic carbocycles. The summed E-state index contributed by atoms with van der Waals surface area (Å²) in [7, 11) is 1.30. The van der Waals surface area contributed by atoms with Crippen LogP contribution in [0.3, 0.4) is 0 Å². The Morgan fingerprint density at radius 2 is 1.80 bits per heavy atom. The summed E-state index contributed by atoms with van der Waals surface area (Å²) in [4.78, 5) is 41.1. The van der Waals surface area contributed by atoms with Crippen molar-refractivity contribution in [1.29, 1.82) is 0 Å². The van der Waals surface area contributed by atoms with E-state index in [2.05, 4.69) is 5.32 Å². The molecule has 3 fully saturated rings. The van der Waals surface area contributed by atoms with Gasteiger partial charge in [0.1, 0.15) is 23.9 Å². The Balaban J connectivity index is 1.37. The summed E-state index contributed by atoms with van der Waals surface area (Å²) in [6, 6.07) is 8.22. The highest BCUT2D eigenvalue weighted by Gasteiger charge is 2.56. The SMILES string of the molecule is COC(=O)C1C2OC(CCCOCc3ccccc3)OC2CN1C(=O)C(NC(=O)OC(C)(C)C)C1CCCCC1. The first-order chi connectivity index (χ1) is 19.2. The van der Waals surface area contributed by atoms with Gasteiger partial charge in [-0.25, -0.2) is 9.59 Å². The number of esters is 1. The average Bonchev–Trinajstić information content (AvgIpc) is 3.48. The Morgan fingerprint density at radius 1 is 1.07 bits per heavy atom. The number of alkyl carbamates (subject to hydrolysis) is 1. The maximum atomic E-state index is 14.0. The number of carbonyl (C=O) groups excluding carboxylic acids is 3. The van der Waals surface area contributed by atoms with E-state index in [9.17, 15) is 14.4 Å². The molecule has 1 aromatic rings. The number of methoxy groups -OCH3 is 1. The number of amides is 2. The first-order valence-electron chi connectivity index (χ1n) is 14.5. The van der Waals surface area contributed by atoms with E-state index in [0.29, 0.717) is 19.6 Å². The number of carbonyl (C=O) groups is 3. The third-order valence-corrected chi connectivity index (χ3v) is 7.65. The van der Waals surface area contributed by atoms with Crippen LogP contribution in [0.1, 0.15) is 71.3 Å². The number of ether oxygens (including phenoxy) is 5. The number of nitrogens with one attached hydrogen (secondary N) is 1. The third-order valence-electron chi connectivity index (χ3n) is 7.65. The van der Waals surface area contributed by atoms with Crippen molar-refractivity contribution in [2.75, 3.05) is 20.3 Å². The molecule has 1 N–H and O–H groups in total. The number of hydrogen-bond donors (Lipinski definition) is 1. The van der Waals surface area contributed by atoms with Crippen LogP contribution in [0, 0.1) is 5.92 Å². The number of hydrogen-bond acceptors (Lipinski definition) is 8. The molecule has 1 saturated carbocycles. The summed E-state index contributed by atoms with van der Waals surface area (Å²) >= 11 is 0. The van der Waals surface area contributed by atoms with Gasteiger partial charge in [0.2, 0.25) is 5.91 Å². The number of rotatable bonds is 10. The fourth-order valence-corrected chi connectivity index (χ4v) is 5.80. The molecule has 40 heavy (non-hydrogen) atoms. The monoisotopic (exact) mass is 560 g/mol. The van der Waals surface area contributed by atoms with E-state index in [4.69, 9.17) is 23.7 Å². The zero-order valence-electron chi connectivity index (χ0n) is 24.1. The summed E-state index contributed by atoms with van der Waals surface area (Å²) in [5.41, 5.74) is 0.413. The highest BCUT2D eigenvalue weighted by atomic mass is 16.7. The smallest absolute Gasteiger partial charge is 0.408 e. The maximum Gasteiger partial charge on any atom is 0.408 e. The van der Waals surface area contributed by atoms with Gasteiger partial charge in [0.25, 0.3) is 0 Å². The summed E-state index contributed by atoms with van der Waals surface area (Å²) in [6.45, 7) is 6.61. The number of fused-ring (bicyclic) bond motifs is 1. The van der Waals surface area contributed by atoms with Gasteiger partial charge in [0.15, 0.2) is 12.3 Å². The van der Waals surface area contributed by atoms with Crippen LogP contribution < -0.4 is 5.32 Å². The van der Waals surface area contributed by atoms with E-state index >= 15 is 0 Å². The van der Waals surface area contributed by atoms with Gasteiger partial charge >= 0.3 is 12.1 Å². The summed E-state index contributed by atoms with van der Waals surface area (Å²) < 4.78 is 28.6. The van der Waals surface area contributed by atoms with Crippen LogP contribution in [0.4, 0.5) is 4.79 Å². The van der Waals surface area contributed by atoms with Gasteiger partial charge in [-0.05, 0) is 51.5 Å². The summed E-state index contributed by atoms with van der Waals surface area (Å²) in [6.07, 6.45) is 3.80. The average molecular weight is 561 g/mol. The molecule has 3 aliphatic rings. The first-order valence-corrected chi connectivity index (χ1v) is 14.5. The Hall–Kier alpha value is -2.69. The third kappa shape index (κ3) is 7.95. The number of likely N-dealkylation sites (tertiary alicyclic amines) is 1. The standard InChI is InChI=1S/C30H44N2O8/c1-30(2,3)40-29(35)31-24(21-14-9-6-10-15-21)27(33)32-18-22-26(25(32)28(34)36-4)39-23(38-22)16-11-17-37-19-20-12-7-5-8-13-20/h5,7-8,12-13,21-26H,6,9-11,14-19H2,1-4H3,(H,31,35). The van der Waals surface area contributed by atoms with Gasteiger partial charge in [0, 0.05) is 13.0 Å².